The van der Waals surface area contributed by atoms with Gasteiger partial charge in [0.2, 0.25) is 0 Å². The minimum Gasteiger partial charge on any atom is -0.444 e. The summed E-state index contributed by atoms with van der Waals surface area (Å²) in [5.74, 6) is 0. The molecule has 0 aliphatic carbocycles. The molecule has 1 heterocycles. The zero-order valence-corrected chi connectivity index (χ0v) is 12.4. The molecule has 0 bridgehead atoms. The Bertz CT molecular complexity index is 473. The van der Waals surface area contributed by atoms with Crippen LogP contribution >= 0.6 is 0 Å². The molecule has 0 aliphatic rings. The number of nitrogens with one attached hydrogen (secondary N) is 1. The molecule has 4 N–H and O–H groups in total. The first kappa shape index (κ1) is 17.4. The summed E-state index contributed by atoms with van der Waals surface area (Å²) in [6.07, 6.45) is -3.18. The van der Waals surface area contributed by atoms with E-state index in [-0.39, 0.29) is 18.8 Å². The maximum Gasteiger partial charge on any atom is 0.407 e. The number of aromatic nitrogens is 1. The number of hydrogen-bond acceptors (Lipinski definition) is 6. The van der Waals surface area contributed by atoms with E-state index in [0.29, 0.717) is 5.69 Å². The van der Waals surface area contributed by atoms with Crippen molar-refractivity contribution >= 4 is 6.09 Å². The molecule has 118 valence electrons. The van der Waals surface area contributed by atoms with Gasteiger partial charge in [-0.2, -0.15) is 0 Å². The Morgan fingerprint density at radius 2 is 2.05 bits per heavy atom. The van der Waals surface area contributed by atoms with Crippen molar-refractivity contribution in [2.45, 2.75) is 45.2 Å². The van der Waals surface area contributed by atoms with E-state index in [4.69, 9.17) is 9.84 Å². The highest BCUT2D eigenvalue weighted by Crippen LogP contribution is 2.15. The molecule has 1 aromatic heterocycles. The summed E-state index contributed by atoms with van der Waals surface area (Å²) in [7, 11) is 0. The zero-order chi connectivity index (χ0) is 16.0. The van der Waals surface area contributed by atoms with E-state index in [9.17, 15) is 15.0 Å². The van der Waals surface area contributed by atoms with Gasteiger partial charge in [-0.1, -0.05) is 6.07 Å². The number of rotatable bonds is 5. The highest BCUT2D eigenvalue weighted by atomic mass is 16.6. The molecule has 2 atom stereocenters. The van der Waals surface area contributed by atoms with Gasteiger partial charge in [-0.05, 0) is 32.9 Å². The molecule has 0 saturated carbocycles. The van der Waals surface area contributed by atoms with Crippen LogP contribution in [-0.2, 0) is 11.3 Å². The van der Waals surface area contributed by atoms with Gasteiger partial charge in [-0.3, -0.25) is 4.98 Å². The summed E-state index contributed by atoms with van der Waals surface area (Å²) in [5, 5.41) is 31.2. The second-order valence-electron chi connectivity index (χ2n) is 5.61. The molecule has 1 amide bonds. The molecule has 2 unspecified atom stereocenters. The van der Waals surface area contributed by atoms with Crippen molar-refractivity contribution in [3.05, 3.63) is 29.6 Å². The third kappa shape index (κ3) is 6.07. The highest BCUT2D eigenvalue weighted by molar-refractivity contribution is 5.67. The van der Waals surface area contributed by atoms with Gasteiger partial charge >= 0.3 is 6.09 Å². The number of carbonyl (C=O) groups is 1. The SMILES string of the molecule is CC(C)(C)OC(=O)NCC(O)C(O)c1cccc(CO)n1. The first-order valence-electron chi connectivity index (χ1n) is 6.62. The number of amides is 1. The van der Waals surface area contributed by atoms with Gasteiger partial charge in [-0.15, -0.1) is 0 Å². The van der Waals surface area contributed by atoms with Crippen LogP contribution in [0.1, 0.15) is 38.3 Å². The fraction of sp³-hybridized carbons (Fsp3) is 0.571. The van der Waals surface area contributed by atoms with E-state index < -0.39 is 23.9 Å². The third-order valence-corrected chi connectivity index (χ3v) is 2.51. The van der Waals surface area contributed by atoms with Gasteiger partial charge in [0.05, 0.1) is 18.0 Å². The summed E-state index contributed by atoms with van der Waals surface area (Å²) in [6.45, 7) is 4.74. The predicted octanol–water partition coefficient (Wildman–Crippen LogP) is 0.493. The Kier molecular flexibility index (Phi) is 6.07. The van der Waals surface area contributed by atoms with E-state index in [1.807, 2.05) is 0 Å². The molecule has 7 nitrogen and oxygen atoms in total. The van der Waals surface area contributed by atoms with Crippen LogP contribution in [0.15, 0.2) is 18.2 Å². The molecule has 21 heavy (non-hydrogen) atoms. The molecular formula is C14H22N2O5. The van der Waals surface area contributed by atoms with Crippen LogP contribution in [0.25, 0.3) is 0 Å². The molecule has 0 fully saturated rings. The van der Waals surface area contributed by atoms with Crippen LogP contribution in [0.4, 0.5) is 4.79 Å². The smallest absolute Gasteiger partial charge is 0.407 e. The zero-order valence-electron chi connectivity index (χ0n) is 12.4. The Morgan fingerprint density at radius 1 is 1.38 bits per heavy atom. The van der Waals surface area contributed by atoms with E-state index in [0.717, 1.165) is 0 Å². The van der Waals surface area contributed by atoms with Crippen LogP contribution in [0.5, 0.6) is 0 Å². The molecule has 0 saturated heterocycles. The van der Waals surface area contributed by atoms with Crippen LogP contribution in [-0.4, -0.2) is 44.6 Å². The van der Waals surface area contributed by atoms with Crippen LogP contribution in [0.2, 0.25) is 0 Å². The molecule has 0 aliphatic heterocycles. The largest absolute Gasteiger partial charge is 0.444 e. The average molecular weight is 298 g/mol. The summed E-state index contributed by atoms with van der Waals surface area (Å²) >= 11 is 0. The van der Waals surface area contributed by atoms with Crippen molar-refractivity contribution in [2.24, 2.45) is 0 Å². The van der Waals surface area contributed by atoms with E-state index in [1.165, 1.54) is 6.07 Å². The molecule has 1 rings (SSSR count). The minimum absolute atomic E-state index is 0.179. The number of hydrogen-bond donors (Lipinski definition) is 4. The lowest BCUT2D eigenvalue weighted by Crippen LogP contribution is -2.39. The second kappa shape index (κ2) is 7.35. The van der Waals surface area contributed by atoms with Gasteiger partial charge in [0, 0.05) is 6.54 Å². The lowest BCUT2D eigenvalue weighted by atomic mass is 10.1. The molecule has 0 radical (unpaired) electrons. The van der Waals surface area contributed by atoms with Gasteiger partial charge in [-0.25, -0.2) is 4.79 Å². The lowest BCUT2D eigenvalue weighted by molar-refractivity contribution is 0.0107. The van der Waals surface area contributed by atoms with Crippen LogP contribution in [0.3, 0.4) is 0 Å². The van der Waals surface area contributed by atoms with E-state index >= 15 is 0 Å². The van der Waals surface area contributed by atoms with Crippen molar-refractivity contribution in [3.8, 4) is 0 Å². The van der Waals surface area contributed by atoms with Gasteiger partial charge < -0.3 is 25.4 Å². The number of alkyl carbamates (subject to hydrolysis) is 1. The van der Waals surface area contributed by atoms with E-state index in [2.05, 4.69) is 10.3 Å². The minimum atomic E-state index is -1.27. The monoisotopic (exact) mass is 298 g/mol. The number of ether oxygens (including phenoxy) is 1. The number of carbonyl (C=O) groups excluding carboxylic acids is 1. The number of aliphatic hydroxyl groups is 3. The summed E-state index contributed by atoms with van der Waals surface area (Å²) in [6, 6.07) is 4.74. The summed E-state index contributed by atoms with van der Waals surface area (Å²) in [4.78, 5) is 15.4. The molecule has 7 heteroatoms. The topological polar surface area (TPSA) is 112 Å². The Balaban J connectivity index is 2.54. The number of pyridine rings is 1. The number of aliphatic hydroxyl groups excluding tert-OH is 3. The van der Waals surface area contributed by atoms with Crippen LogP contribution in [0, 0.1) is 0 Å². The average Bonchev–Trinajstić information content (AvgIpc) is 2.42. The maximum absolute atomic E-state index is 11.4. The van der Waals surface area contributed by atoms with Gasteiger partial charge in [0.15, 0.2) is 0 Å². The maximum atomic E-state index is 11.4. The fourth-order valence-corrected chi connectivity index (χ4v) is 1.56. The molecular weight excluding hydrogens is 276 g/mol. The van der Waals surface area contributed by atoms with E-state index in [1.54, 1.807) is 32.9 Å². The fourth-order valence-electron chi connectivity index (χ4n) is 1.56. The van der Waals surface area contributed by atoms with Crippen molar-refractivity contribution < 1.29 is 24.9 Å². The van der Waals surface area contributed by atoms with Crippen LogP contribution < -0.4 is 5.32 Å². The Morgan fingerprint density at radius 3 is 2.62 bits per heavy atom. The first-order chi connectivity index (χ1) is 9.73. The normalized spacial score (nSPS) is 14.4. The predicted molar refractivity (Wildman–Crippen MR) is 75.4 cm³/mol. The van der Waals surface area contributed by atoms with Crippen molar-refractivity contribution in [3.63, 3.8) is 0 Å². The lowest BCUT2D eigenvalue weighted by Gasteiger charge is -2.22. The quantitative estimate of drug-likeness (QED) is 0.629. The molecule has 1 aromatic rings. The molecule has 0 spiro atoms. The van der Waals surface area contributed by atoms with Gasteiger partial charge in [0.25, 0.3) is 0 Å². The molecule has 0 aromatic carbocycles. The Labute approximate surface area is 123 Å². The van der Waals surface area contributed by atoms with Crippen molar-refractivity contribution in [2.75, 3.05) is 6.54 Å². The number of nitrogens with zero attached hydrogens (tertiary/aromatic N) is 1. The summed E-state index contributed by atoms with van der Waals surface area (Å²) < 4.78 is 5.02. The highest BCUT2D eigenvalue weighted by Gasteiger charge is 2.22. The summed E-state index contributed by atoms with van der Waals surface area (Å²) in [5.41, 5.74) is -0.0242. The van der Waals surface area contributed by atoms with Crippen molar-refractivity contribution in [1.82, 2.24) is 10.3 Å². The second-order valence-corrected chi connectivity index (χ2v) is 5.61. The van der Waals surface area contributed by atoms with Crippen molar-refractivity contribution in [1.29, 1.82) is 0 Å². The standard InChI is InChI=1S/C14H22N2O5/c1-14(2,3)21-13(20)15-7-11(18)12(19)10-6-4-5-9(8-17)16-10/h4-6,11-12,17-19H,7-8H2,1-3H3,(H,15,20). The third-order valence-electron chi connectivity index (χ3n) is 2.51. The first-order valence-corrected chi connectivity index (χ1v) is 6.62. The van der Waals surface area contributed by atoms with Gasteiger partial charge in [0.1, 0.15) is 17.8 Å². The Hall–Kier alpha value is -1.70.